The summed E-state index contributed by atoms with van der Waals surface area (Å²) in [4.78, 5) is 0. The van der Waals surface area contributed by atoms with E-state index in [1.165, 1.54) is 0 Å². The van der Waals surface area contributed by atoms with Crippen molar-refractivity contribution in [2.75, 3.05) is 13.7 Å². The van der Waals surface area contributed by atoms with E-state index in [-0.39, 0.29) is 11.9 Å². The predicted molar refractivity (Wildman–Crippen MR) is 71.1 cm³/mol. The third kappa shape index (κ3) is 2.57. The number of benzene rings is 1. The maximum Gasteiger partial charge on any atom is 0.126 e. The topological polar surface area (TPSA) is 21.3 Å². The van der Waals surface area contributed by atoms with E-state index in [1.807, 2.05) is 26.1 Å². The van der Waals surface area contributed by atoms with Gasteiger partial charge in [-0.2, -0.15) is 0 Å². The Kier molecular flexibility index (Phi) is 4.36. The molecule has 0 aromatic heterocycles. The lowest BCUT2D eigenvalue weighted by molar-refractivity contribution is 0.0782. The Hall–Kier alpha value is -0.930. The molecule has 1 saturated heterocycles. The summed E-state index contributed by atoms with van der Waals surface area (Å²) in [6, 6.07) is 5.64. The van der Waals surface area contributed by atoms with Gasteiger partial charge in [-0.05, 0) is 44.0 Å². The van der Waals surface area contributed by atoms with Crippen molar-refractivity contribution in [3.8, 4) is 0 Å². The number of rotatable bonds is 4. The molecular weight excluding hydrogens is 229 g/mol. The molecule has 0 spiro atoms. The SMILES string of the molecule is CCC1OCCC1C(NC)c1ccc(F)c(C)c1. The van der Waals surface area contributed by atoms with Crippen molar-refractivity contribution in [1.82, 2.24) is 5.32 Å². The summed E-state index contributed by atoms with van der Waals surface area (Å²) in [5.41, 5.74) is 1.87. The van der Waals surface area contributed by atoms with Crippen LogP contribution in [0.3, 0.4) is 0 Å². The second-order valence-electron chi connectivity index (χ2n) is 5.04. The molecule has 1 aromatic carbocycles. The van der Waals surface area contributed by atoms with E-state index in [4.69, 9.17) is 4.74 Å². The van der Waals surface area contributed by atoms with Crippen LogP contribution in [-0.2, 0) is 4.74 Å². The van der Waals surface area contributed by atoms with Gasteiger partial charge in [0.05, 0.1) is 6.10 Å². The number of hydrogen-bond acceptors (Lipinski definition) is 2. The molecule has 3 heteroatoms. The van der Waals surface area contributed by atoms with Gasteiger partial charge in [0.25, 0.3) is 0 Å². The Balaban J connectivity index is 2.24. The molecule has 2 nitrogen and oxygen atoms in total. The Morgan fingerprint density at radius 1 is 1.50 bits per heavy atom. The number of hydrogen-bond donors (Lipinski definition) is 1. The van der Waals surface area contributed by atoms with Crippen molar-refractivity contribution in [1.29, 1.82) is 0 Å². The molecule has 18 heavy (non-hydrogen) atoms. The second-order valence-corrected chi connectivity index (χ2v) is 5.04. The van der Waals surface area contributed by atoms with E-state index in [2.05, 4.69) is 12.2 Å². The Morgan fingerprint density at radius 3 is 2.89 bits per heavy atom. The van der Waals surface area contributed by atoms with Crippen LogP contribution in [0.2, 0.25) is 0 Å². The van der Waals surface area contributed by atoms with Crippen LogP contribution in [0, 0.1) is 18.7 Å². The number of aryl methyl sites for hydroxylation is 1. The number of nitrogens with one attached hydrogen (secondary N) is 1. The molecule has 0 saturated carbocycles. The molecule has 0 amide bonds. The minimum atomic E-state index is -0.136. The van der Waals surface area contributed by atoms with E-state index in [9.17, 15) is 4.39 Å². The summed E-state index contributed by atoms with van der Waals surface area (Å²) < 4.78 is 19.1. The highest BCUT2D eigenvalue weighted by Crippen LogP contribution is 2.35. The van der Waals surface area contributed by atoms with Gasteiger partial charge in [0.1, 0.15) is 5.82 Å². The molecule has 2 rings (SSSR count). The molecule has 3 unspecified atom stereocenters. The van der Waals surface area contributed by atoms with E-state index in [0.717, 1.165) is 25.0 Å². The molecule has 1 N–H and O–H groups in total. The standard InChI is InChI=1S/C15H22FNO/c1-4-14-12(7-8-18-14)15(17-3)11-5-6-13(16)10(2)9-11/h5-6,9,12,14-15,17H,4,7-8H2,1-3H3. The molecule has 100 valence electrons. The lowest BCUT2D eigenvalue weighted by Gasteiger charge is -2.27. The Labute approximate surface area is 109 Å². The average molecular weight is 251 g/mol. The lowest BCUT2D eigenvalue weighted by atomic mass is 9.86. The van der Waals surface area contributed by atoms with Crippen LogP contribution in [0.15, 0.2) is 18.2 Å². The minimum absolute atomic E-state index is 0.136. The lowest BCUT2D eigenvalue weighted by Crippen LogP contribution is -2.30. The van der Waals surface area contributed by atoms with Crippen LogP contribution in [0.4, 0.5) is 4.39 Å². The molecule has 3 atom stereocenters. The van der Waals surface area contributed by atoms with Crippen LogP contribution in [-0.4, -0.2) is 19.8 Å². The van der Waals surface area contributed by atoms with E-state index in [1.54, 1.807) is 6.07 Å². The van der Waals surface area contributed by atoms with Crippen LogP contribution in [0.25, 0.3) is 0 Å². The highest BCUT2D eigenvalue weighted by molar-refractivity contribution is 5.27. The van der Waals surface area contributed by atoms with Crippen molar-refractivity contribution in [2.24, 2.45) is 5.92 Å². The Bertz CT molecular complexity index is 407. The van der Waals surface area contributed by atoms with Crippen molar-refractivity contribution >= 4 is 0 Å². The summed E-state index contributed by atoms with van der Waals surface area (Å²) in [7, 11) is 1.97. The summed E-state index contributed by atoms with van der Waals surface area (Å²) in [5.74, 6) is 0.341. The normalized spacial score (nSPS) is 25.3. The molecule has 0 radical (unpaired) electrons. The van der Waals surface area contributed by atoms with Crippen molar-refractivity contribution < 1.29 is 9.13 Å². The third-order valence-corrected chi connectivity index (χ3v) is 3.94. The largest absolute Gasteiger partial charge is 0.378 e. The van der Waals surface area contributed by atoms with Gasteiger partial charge in [-0.1, -0.05) is 19.1 Å². The van der Waals surface area contributed by atoms with Crippen LogP contribution in [0.1, 0.15) is 36.9 Å². The molecule has 1 fully saturated rings. The average Bonchev–Trinajstić information content (AvgIpc) is 2.83. The quantitative estimate of drug-likeness (QED) is 0.887. The molecule has 1 aromatic rings. The fourth-order valence-corrected chi connectivity index (χ4v) is 2.96. The van der Waals surface area contributed by atoms with Gasteiger partial charge in [0.15, 0.2) is 0 Å². The summed E-state index contributed by atoms with van der Waals surface area (Å²) in [5, 5.41) is 3.37. The molecular formula is C15H22FNO. The maximum atomic E-state index is 13.3. The first-order valence-corrected chi connectivity index (χ1v) is 6.72. The zero-order valence-corrected chi connectivity index (χ0v) is 11.4. The zero-order valence-electron chi connectivity index (χ0n) is 11.4. The molecule has 1 aliphatic heterocycles. The van der Waals surface area contributed by atoms with Gasteiger partial charge in [0.2, 0.25) is 0 Å². The summed E-state index contributed by atoms with van der Waals surface area (Å²) in [6.07, 6.45) is 2.41. The fraction of sp³-hybridized carbons (Fsp3) is 0.600. The van der Waals surface area contributed by atoms with E-state index in [0.29, 0.717) is 17.6 Å². The highest BCUT2D eigenvalue weighted by Gasteiger charge is 2.33. The number of halogens is 1. The van der Waals surface area contributed by atoms with Gasteiger partial charge >= 0.3 is 0 Å². The molecule has 1 aliphatic rings. The van der Waals surface area contributed by atoms with Gasteiger partial charge < -0.3 is 10.1 Å². The molecule has 0 aliphatic carbocycles. The first-order valence-electron chi connectivity index (χ1n) is 6.72. The fourth-order valence-electron chi connectivity index (χ4n) is 2.96. The van der Waals surface area contributed by atoms with E-state index < -0.39 is 0 Å². The van der Waals surface area contributed by atoms with Crippen molar-refractivity contribution in [3.05, 3.63) is 35.1 Å². The van der Waals surface area contributed by atoms with E-state index >= 15 is 0 Å². The van der Waals surface area contributed by atoms with Crippen molar-refractivity contribution in [2.45, 2.75) is 38.8 Å². The Morgan fingerprint density at radius 2 is 2.28 bits per heavy atom. The smallest absolute Gasteiger partial charge is 0.126 e. The molecule has 0 bridgehead atoms. The van der Waals surface area contributed by atoms with Gasteiger partial charge in [-0.25, -0.2) is 4.39 Å². The van der Waals surface area contributed by atoms with Crippen molar-refractivity contribution in [3.63, 3.8) is 0 Å². The van der Waals surface area contributed by atoms with Gasteiger partial charge in [-0.15, -0.1) is 0 Å². The maximum absolute atomic E-state index is 13.3. The van der Waals surface area contributed by atoms with Gasteiger partial charge in [0, 0.05) is 18.6 Å². The summed E-state index contributed by atoms with van der Waals surface area (Å²) in [6.45, 7) is 4.81. The monoisotopic (exact) mass is 251 g/mol. The first-order chi connectivity index (χ1) is 8.67. The molecule has 1 heterocycles. The van der Waals surface area contributed by atoms with Gasteiger partial charge in [-0.3, -0.25) is 0 Å². The van der Waals surface area contributed by atoms with Crippen LogP contribution >= 0.6 is 0 Å². The minimum Gasteiger partial charge on any atom is -0.378 e. The first kappa shape index (κ1) is 13.5. The zero-order chi connectivity index (χ0) is 13.1. The van der Waals surface area contributed by atoms with Crippen LogP contribution in [0.5, 0.6) is 0 Å². The van der Waals surface area contributed by atoms with Crippen LogP contribution < -0.4 is 5.32 Å². The second kappa shape index (κ2) is 5.81. The third-order valence-electron chi connectivity index (χ3n) is 3.94. The number of ether oxygens (including phenoxy) is 1. The summed E-state index contributed by atoms with van der Waals surface area (Å²) >= 11 is 0. The predicted octanol–water partition coefficient (Wildman–Crippen LogP) is 3.21. The highest BCUT2D eigenvalue weighted by atomic mass is 19.1.